The minimum absolute atomic E-state index is 0.0193. The Morgan fingerprint density at radius 2 is 1.74 bits per heavy atom. The van der Waals surface area contributed by atoms with Crippen molar-refractivity contribution >= 4 is 35.1 Å². The number of hydrogen-bond acceptors (Lipinski definition) is 5. The van der Waals surface area contributed by atoms with Gasteiger partial charge in [-0.05, 0) is 45.4 Å². The van der Waals surface area contributed by atoms with E-state index < -0.39 is 65.0 Å². The summed E-state index contributed by atoms with van der Waals surface area (Å²) in [5.74, 6) is -2.21. The maximum atomic E-state index is 15.2. The highest BCUT2D eigenvalue weighted by molar-refractivity contribution is 6.35. The highest BCUT2D eigenvalue weighted by Crippen LogP contribution is 2.47. The molecule has 38 heavy (non-hydrogen) atoms. The molecule has 14 heteroatoms. The van der Waals surface area contributed by atoms with Crippen LogP contribution in [0.15, 0.2) is 18.6 Å². The lowest BCUT2D eigenvalue weighted by atomic mass is 9.74. The average Bonchev–Trinajstić information content (AvgIpc) is 3.40. The highest BCUT2D eigenvalue weighted by Gasteiger charge is 2.52. The molecule has 0 saturated heterocycles. The number of nitrogens with zero attached hydrogens (tertiary/aromatic N) is 3. The smallest absolute Gasteiger partial charge is 0.433 e. The van der Waals surface area contributed by atoms with Crippen LogP contribution in [0.3, 0.4) is 0 Å². The van der Waals surface area contributed by atoms with Gasteiger partial charge in [0, 0.05) is 24.4 Å². The van der Waals surface area contributed by atoms with E-state index in [1.165, 1.54) is 12.4 Å². The number of pyridine rings is 1. The Balaban J connectivity index is 1.57. The van der Waals surface area contributed by atoms with Gasteiger partial charge in [-0.3, -0.25) is 19.3 Å². The molecular formula is C24H26Cl2F4N4O4. The fourth-order valence-electron chi connectivity index (χ4n) is 4.97. The third-order valence-electron chi connectivity index (χ3n) is 7.57. The molecule has 3 N–H and O–H groups in total. The van der Waals surface area contributed by atoms with Gasteiger partial charge in [0.1, 0.15) is 5.67 Å². The van der Waals surface area contributed by atoms with Crippen molar-refractivity contribution in [2.24, 2.45) is 5.41 Å². The molecule has 8 nitrogen and oxygen atoms in total. The van der Waals surface area contributed by atoms with Gasteiger partial charge in [0.25, 0.3) is 5.91 Å². The zero-order valence-electron chi connectivity index (χ0n) is 20.2. The Morgan fingerprint density at radius 3 is 2.24 bits per heavy atom. The van der Waals surface area contributed by atoms with Crippen molar-refractivity contribution < 1.29 is 37.4 Å². The molecule has 2 aliphatic rings. The summed E-state index contributed by atoms with van der Waals surface area (Å²) in [4.78, 5) is 28.4. The van der Waals surface area contributed by atoms with Gasteiger partial charge in [0.05, 0.1) is 45.4 Å². The van der Waals surface area contributed by atoms with E-state index in [2.05, 4.69) is 15.4 Å². The number of carbonyl (C=O) groups is 2. The number of carboxylic acids is 1. The normalized spacial score (nSPS) is 24.5. The van der Waals surface area contributed by atoms with Crippen LogP contribution in [-0.2, 0) is 11.0 Å². The first kappa shape index (κ1) is 28.6. The Bertz CT molecular complexity index is 1210. The monoisotopic (exact) mass is 580 g/mol. The van der Waals surface area contributed by atoms with E-state index in [1.807, 2.05) is 0 Å². The number of halogens is 6. The first-order valence-corrected chi connectivity index (χ1v) is 12.8. The molecule has 0 bridgehead atoms. The number of aromatic nitrogens is 3. The number of amides is 1. The van der Waals surface area contributed by atoms with Gasteiger partial charge in [-0.25, -0.2) is 4.39 Å². The first-order chi connectivity index (χ1) is 17.7. The number of aliphatic hydroxyl groups excluding tert-OH is 1. The van der Waals surface area contributed by atoms with Crippen molar-refractivity contribution in [2.45, 2.75) is 81.9 Å². The topological polar surface area (TPSA) is 117 Å². The zero-order valence-corrected chi connectivity index (χ0v) is 21.7. The van der Waals surface area contributed by atoms with Gasteiger partial charge in [-0.1, -0.05) is 23.2 Å². The standard InChI is InChI=1S/C24H26Cl2F4N4O4/c1-22(21(37)38)4-2-12(3-5-22)34-19(24(28,29)30)13(9-32-34)20(36)33-17(23(27)6-7-23)8-16(35)18-14(25)10-31-11-15(18)26/h9-12,16-17,35H,2-8H2,1H3,(H,33,36)(H,37,38)/t12?,16-,17?,22?/m1/s1. The van der Waals surface area contributed by atoms with Crippen LogP contribution in [0.25, 0.3) is 0 Å². The highest BCUT2D eigenvalue weighted by atomic mass is 35.5. The summed E-state index contributed by atoms with van der Waals surface area (Å²) in [5, 5.41) is 26.3. The lowest BCUT2D eigenvalue weighted by Gasteiger charge is -2.34. The molecular weight excluding hydrogens is 555 g/mol. The van der Waals surface area contributed by atoms with Crippen molar-refractivity contribution in [1.29, 1.82) is 0 Å². The first-order valence-electron chi connectivity index (χ1n) is 12.0. The third kappa shape index (κ3) is 5.62. The number of rotatable bonds is 8. The SMILES string of the molecule is CC1(C(=O)O)CCC(n2ncc(C(=O)NC(C[C@@H](O)c3c(Cl)cncc3Cl)C3(F)CC3)c2C(F)(F)F)CC1. The fourth-order valence-corrected chi connectivity index (χ4v) is 5.59. The van der Waals surface area contributed by atoms with E-state index in [9.17, 15) is 33.0 Å². The number of alkyl halides is 4. The summed E-state index contributed by atoms with van der Waals surface area (Å²) in [5.41, 5.74) is -4.96. The molecule has 0 spiro atoms. The second-order valence-electron chi connectivity index (χ2n) is 10.3. The maximum absolute atomic E-state index is 15.2. The summed E-state index contributed by atoms with van der Waals surface area (Å²) in [6.45, 7) is 1.55. The van der Waals surface area contributed by atoms with Crippen molar-refractivity contribution in [3.8, 4) is 0 Å². The summed E-state index contributed by atoms with van der Waals surface area (Å²) in [7, 11) is 0. The predicted octanol–water partition coefficient (Wildman–Crippen LogP) is 5.53. The van der Waals surface area contributed by atoms with Crippen LogP contribution in [0.2, 0.25) is 10.0 Å². The Hall–Kier alpha value is -2.44. The Morgan fingerprint density at radius 1 is 1.16 bits per heavy atom. The molecule has 4 rings (SSSR count). The predicted molar refractivity (Wildman–Crippen MR) is 129 cm³/mol. The van der Waals surface area contributed by atoms with Crippen LogP contribution in [0.1, 0.15) is 85.6 Å². The van der Waals surface area contributed by atoms with Gasteiger partial charge in [-0.2, -0.15) is 18.3 Å². The molecule has 0 aromatic carbocycles. The van der Waals surface area contributed by atoms with Gasteiger partial charge in [0.2, 0.25) is 0 Å². The van der Waals surface area contributed by atoms with Crippen LogP contribution in [-0.4, -0.2) is 48.6 Å². The Labute approximate surface area is 225 Å². The van der Waals surface area contributed by atoms with Gasteiger partial charge in [0.15, 0.2) is 5.69 Å². The molecule has 0 radical (unpaired) electrons. The molecule has 2 aromatic rings. The average molecular weight is 581 g/mol. The van der Waals surface area contributed by atoms with Crippen molar-refractivity contribution in [1.82, 2.24) is 20.1 Å². The van der Waals surface area contributed by atoms with E-state index in [4.69, 9.17) is 23.2 Å². The van der Waals surface area contributed by atoms with Crippen molar-refractivity contribution in [3.05, 3.63) is 45.5 Å². The second kappa shape index (κ2) is 10.3. The minimum Gasteiger partial charge on any atom is -0.481 e. The van der Waals surface area contributed by atoms with Gasteiger partial charge >= 0.3 is 12.1 Å². The molecule has 2 saturated carbocycles. The molecule has 208 valence electrons. The number of carboxylic acid groups (broad SMARTS) is 1. The lowest BCUT2D eigenvalue weighted by Crippen LogP contribution is -2.44. The molecule has 2 aliphatic carbocycles. The third-order valence-corrected chi connectivity index (χ3v) is 8.17. The minimum atomic E-state index is -4.96. The van der Waals surface area contributed by atoms with Crippen LogP contribution < -0.4 is 5.32 Å². The van der Waals surface area contributed by atoms with E-state index in [0.717, 1.165) is 10.9 Å². The van der Waals surface area contributed by atoms with E-state index >= 15 is 4.39 Å². The molecule has 1 amide bonds. The zero-order chi connectivity index (χ0) is 28.0. The second-order valence-corrected chi connectivity index (χ2v) is 11.1. The number of nitrogens with one attached hydrogen (secondary N) is 1. The Kier molecular flexibility index (Phi) is 7.72. The summed E-state index contributed by atoms with van der Waals surface area (Å²) in [6.07, 6.45) is -2.86. The number of aliphatic carboxylic acids is 1. The molecule has 2 atom stereocenters. The molecule has 1 unspecified atom stereocenters. The quantitative estimate of drug-likeness (QED) is 0.353. The number of aliphatic hydroxyl groups is 1. The van der Waals surface area contributed by atoms with E-state index in [0.29, 0.717) is 0 Å². The van der Waals surface area contributed by atoms with Crippen LogP contribution in [0, 0.1) is 5.41 Å². The lowest BCUT2D eigenvalue weighted by molar-refractivity contribution is -0.152. The van der Waals surface area contributed by atoms with Crippen molar-refractivity contribution in [3.63, 3.8) is 0 Å². The van der Waals surface area contributed by atoms with Crippen LogP contribution in [0.5, 0.6) is 0 Å². The molecule has 2 fully saturated rings. The number of carbonyl (C=O) groups excluding carboxylic acids is 1. The summed E-state index contributed by atoms with van der Waals surface area (Å²) < 4.78 is 58.4. The van der Waals surface area contributed by atoms with E-state index in [1.54, 1.807) is 6.92 Å². The summed E-state index contributed by atoms with van der Waals surface area (Å²) >= 11 is 12.1. The molecule has 0 aliphatic heterocycles. The summed E-state index contributed by atoms with van der Waals surface area (Å²) in [6, 6.07) is -2.09. The van der Waals surface area contributed by atoms with Crippen LogP contribution >= 0.6 is 23.2 Å². The number of hydrogen-bond donors (Lipinski definition) is 3. The van der Waals surface area contributed by atoms with E-state index in [-0.39, 0.29) is 54.1 Å². The molecule has 2 aromatic heterocycles. The van der Waals surface area contributed by atoms with Crippen molar-refractivity contribution in [2.75, 3.05) is 0 Å². The fraction of sp³-hybridized carbons (Fsp3) is 0.583. The molecule has 2 heterocycles. The van der Waals surface area contributed by atoms with Crippen LogP contribution in [0.4, 0.5) is 17.6 Å². The van der Waals surface area contributed by atoms with Gasteiger partial charge < -0.3 is 15.5 Å². The maximum Gasteiger partial charge on any atom is 0.433 e. The largest absolute Gasteiger partial charge is 0.481 e. The van der Waals surface area contributed by atoms with Gasteiger partial charge in [-0.15, -0.1) is 0 Å².